The summed E-state index contributed by atoms with van der Waals surface area (Å²) in [6.45, 7) is 1.11. The van der Waals surface area contributed by atoms with Gasteiger partial charge in [0.05, 0.1) is 13.2 Å². The van der Waals surface area contributed by atoms with E-state index in [0.29, 0.717) is 13.2 Å². The van der Waals surface area contributed by atoms with Gasteiger partial charge >= 0.3 is 0 Å². The lowest BCUT2D eigenvalue weighted by atomic mass is 10.3. The third kappa shape index (κ3) is 3.94. The molecule has 0 unspecified atom stereocenters. The number of halogens is 1. The lowest BCUT2D eigenvalue weighted by Gasteiger charge is -2.13. The molecule has 5 heteroatoms. The second-order valence-corrected chi connectivity index (χ2v) is 4.07. The van der Waals surface area contributed by atoms with Gasteiger partial charge in [-0.05, 0) is 12.8 Å². The molecule has 1 rings (SSSR count). The highest BCUT2D eigenvalue weighted by Crippen LogP contribution is 2.36. The van der Waals surface area contributed by atoms with Crippen LogP contribution in [0.2, 0.25) is 0 Å². The Morgan fingerprint density at radius 3 is 2.71 bits per heavy atom. The minimum atomic E-state index is -0.0435. The third-order valence-electron chi connectivity index (χ3n) is 2.18. The number of methoxy groups -OCH3 is 1. The molecule has 0 atom stereocenters. The quantitative estimate of drug-likeness (QED) is 0.545. The molecule has 0 spiro atoms. The Kier molecular flexibility index (Phi) is 4.84. The minimum Gasteiger partial charge on any atom is -0.382 e. The molecule has 0 bridgehead atoms. The average molecular weight is 266 g/mol. The Bertz CT molecular complexity index is 194. The Labute approximate surface area is 92.5 Å². The fourth-order valence-electron chi connectivity index (χ4n) is 1.08. The van der Waals surface area contributed by atoms with E-state index in [0.717, 1.165) is 18.2 Å². The van der Waals surface area contributed by atoms with E-state index in [-0.39, 0.29) is 18.1 Å². The summed E-state index contributed by atoms with van der Waals surface area (Å²) in [5.74, 6) is -0.0435. The highest BCUT2D eigenvalue weighted by atomic mass is 79.9. The standard InChI is InChI=1S/C9H16BrNO3/c1-13-4-5-14-6-8(12)11-9(7-10)2-3-9/h2-7H2,1H3,(H,11,12). The summed E-state index contributed by atoms with van der Waals surface area (Å²) in [4.78, 5) is 11.3. The van der Waals surface area contributed by atoms with E-state index in [2.05, 4.69) is 21.2 Å². The van der Waals surface area contributed by atoms with Crippen LogP contribution in [0.1, 0.15) is 12.8 Å². The number of hydrogen-bond donors (Lipinski definition) is 1. The second kappa shape index (κ2) is 5.68. The molecule has 1 aliphatic rings. The summed E-state index contributed by atoms with van der Waals surface area (Å²) < 4.78 is 9.90. The van der Waals surface area contributed by atoms with Crippen molar-refractivity contribution in [3.05, 3.63) is 0 Å². The summed E-state index contributed by atoms with van der Waals surface area (Å²) in [6.07, 6.45) is 2.12. The predicted octanol–water partition coefficient (Wildman–Crippen LogP) is 0.693. The number of rotatable bonds is 7. The van der Waals surface area contributed by atoms with Gasteiger partial charge in [-0.1, -0.05) is 15.9 Å². The first-order valence-electron chi connectivity index (χ1n) is 4.66. The zero-order valence-corrected chi connectivity index (χ0v) is 9.93. The van der Waals surface area contributed by atoms with E-state index in [4.69, 9.17) is 9.47 Å². The Hall–Kier alpha value is -0.130. The van der Waals surface area contributed by atoms with Crippen molar-refractivity contribution in [2.45, 2.75) is 18.4 Å². The van der Waals surface area contributed by atoms with Gasteiger partial charge in [0.15, 0.2) is 0 Å². The molecule has 82 valence electrons. The van der Waals surface area contributed by atoms with Gasteiger partial charge in [0.25, 0.3) is 0 Å². The van der Waals surface area contributed by atoms with Gasteiger partial charge < -0.3 is 14.8 Å². The Morgan fingerprint density at radius 2 is 2.21 bits per heavy atom. The van der Waals surface area contributed by atoms with Crippen molar-refractivity contribution >= 4 is 21.8 Å². The van der Waals surface area contributed by atoms with Crippen molar-refractivity contribution in [3.63, 3.8) is 0 Å². The van der Waals surface area contributed by atoms with E-state index < -0.39 is 0 Å². The monoisotopic (exact) mass is 265 g/mol. The SMILES string of the molecule is COCCOCC(=O)NC1(CBr)CC1. The van der Waals surface area contributed by atoms with Gasteiger partial charge in [0, 0.05) is 18.0 Å². The smallest absolute Gasteiger partial charge is 0.246 e. The highest BCUT2D eigenvalue weighted by Gasteiger charge is 2.42. The van der Waals surface area contributed by atoms with Gasteiger partial charge in [-0.25, -0.2) is 0 Å². The molecule has 1 aliphatic carbocycles. The molecule has 0 aliphatic heterocycles. The molecular formula is C9H16BrNO3. The van der Waals surface area contributed by atoms with Crippen LogP contribution in [-0.2, 0) is 14.3 Å². The molecule has 1 N–H and O–H groups in total. The maximum atomic E-state index is 11.3. The fraction of sp³-hybridized carbons (Fsp3) is 0.889. The van der Waals surface area contributed by atoms with Crippen LogP contribution in [0.25, 0.3) is 0 Å². The fourth-order valence-corrected chi connectivity index (χ4v) is 1.78. The first-order valence-corrected chi connectivity index (χ1v) is 5.78. The summed E-state index contributed by atoms with van der Waals surface area (Å²) in [6, 6.07) is 0. The normalized spacial score (nSPS) is 17.9. The summed E-state index contributed by atoms with van der Waals surface area (Å²) in [7, 11) is 1.60. The molecule has 1 amide bonds. The predicted molar refractivity (Wildman–Crippen MR) is 56.6 cm³/mol. The van der Waals surface area contributed by atoms with Crippen LogP contribution in [0.4, 0.5) is 0 Å². The molecule has 0 aromatic heterocycles. The molecule has 1 saturated carbocycles. The minimum absolute atomic E-state index is 0.0156. The number of hydrogen-bond acceptors (Lipinski definition) is 3. The largest absolute Gasteiger partial charge is 0.382 e. The molecule has 0 aromatic rings. The average Bonchev–Trinajstić information content (AvgIpc) is 2.93. The molecule has 4 nitrogen and oxygen atoms in total. The van der Waals surface area contributed by atoms with Crippen LogP contribution in [0.3, 0.4) is 0 Å². The molecule has 0 radical (unpaired) electrons. The first-order chi connectivity index (χ1) is 6.72. The van der Waals surface area contributed by atoms with Gasteiger partial charge in [0.2, 0.25) is 5.91 Å². The first kappa shape index (κ1) is 11.9. The van der Waals surface area contributed by atoms with Crippen LogP contribution in [-0.4, -0.2) is 43.7 Å². The van der Waals surface area contributed by atoms with E-state index >= 15 is 0 Å². The molecule has 0 saturated heterocycles. The molecule has 14 heavy (non-hydrogen) atoms. The van der Waals surface area contributed by atoms with Crippen LogP contribution >= 0.6 is 15.9 Å². The lowest BCUT2D eigenvalue weighted by Crippen LogP contribution is -2.40. The number of amides is 1. The van der Waals surface area contributed by atoms with Gasteiger partial charge in [-0.3, -0.25) is 4.79 Å². The maximum absolute atomic E-state index is 11.3. The van der Waals surface area contributed by atoms with E-state index in [1.54, 1.807) is 7.11 Å². The van der Waals surface area contributed by atoms with Crippen LogP contribution in [0.5, 0.6) is 0 Å². The maximum Gasteiger partial charge on any atom is 0.246 e. The number of ether oxygens (including phenoxy) is 2. The van der Waals surface area contributed by atoms with Crippen molar-refractivity contribution in [1.29, 1.82) is 0 Å². The third-order valence-corrected chi connectivity index (χ3v) is 3.25. The topological polar surface area (TPSA) is 47.6 Å². The number of carbonyl (C=O) groups excluding carboxylic acids is 1. The van der Waals surface area contributed by atoms with E-state index in [1.807, 2.05) is 0 Å². The molecule has 0 aromatic carbocycles. The van der Waals surface area contributed by atoms with Crippen LogP contribution in [0, 0.1) is 0 Å². The number of nitrogens with one attached hydrogen (secondary N) is 1. The number of alkyl halides is 1. The van der Waals surface area contributed by atoms with Crippen molar-refractivity contribution in [2.24, 2.45) is 0 Å². The van der Waals surface area contributed by atoms with Gasteiger partial charge in [-0.15, -0.1) is 0 Å². The second-order valence-electron chi connectivity index (χ2n) is 3.51. The van der Waals surface area contributed by atoms with Gasteiger partial charge in [-0.2, -0.15) is 0 Å². The summed E-state index contributed by atoms with van der Waals surface area (Å²) in [5, 5.41) is 3.77. The van der Waals surface area contributed by atoms with Crippen molar-refractivity contribution in [3.8, 4) is 0 Å². The summed E-state index contributed by atoms with van der Waals surface area (Å²) >= 11 is 3.38. The van der Waals surface area contributed by atoms with E-state index in [1.165, 1.54) is 0 Å². The Morgan fingerprint density at radius 1 is 1.50 bits per heavy atom. The molecule has 1 fully saturated rings. The van der Waals surface area contributed by atoms with E-state index in [9.17, 15) is 4.79 Å². The van der Waals surface area contributed by atoms with Crippen LogP contribution < -0.4 is 5.32 Å². The zero-order valence-electron chi connectivity index (χ0n) is 8.35. The number of carbonyl (C=O) groups is 1. The van der Waals surface area contributed by atoms with Crippen molar-refractivity contribution < 1.29 is 14.3 Å². The zero-order chi connectivity index (χ0) is 10.4. The molecule has 0 heterocycles. The lowest BCUT2D eigenvalue weighted by molar-refractivity contribution is -0.126. The van der Waals surface area contributed by atoms with Crippen molar-refractivity contribution in [1.82, 2.24) is 5.32 Å². The highest BCUT2D eigenvalue weighted by molar-refractivity contribution is 9.09. The summed E-state index contributed by atoms with van der Waals surface area (Å²) in [5.41, 5.74) is 0.0156. The Balaban J connectivity index is 2.04. The van der Waals surface area contributed by atoms with Crippen LogP contribution in [0.15, 0.2) is 0 Å². The molecular weight excluding hydrogens is 250 g/mol. The van der Waals surface area contributed by atoms with Gasteiger partial charge in [0.1, 0.15) is 6.61 Å². The van der Waals surface area contributed by atoms with Crippen molar-refractivity contribution in [2.75, 3.05) is 32.3 Å².